The zero-order valence-electron chi connectivity index (χ0n) is 11.7. The van der Waals surface area contributed by atoms with Gasteiger partial charge < -0.3 is 16.2 Å². The standard InChI is InChI=1S/C15H25N3O/c1-2-19-15-5-3-12(4-6-15)7-8-18-10-13(16)9-14(17)11-18/h3-6,13-14H,2,7-11,16-17H2,1H3/t13-,14+. The summed E-state index contributed by atoms with van der Waals surface area (Å²) in [5, 5.41) is 0. The fourth-order valence-electron chi connectivity index (χ4n) is 2.66. The van der Waals surface area contributed by atoms with Crippen molar-refractivity contribution in [2.24, 2.45) is 11.5 Å². The van der Waals surface area contributed by atoms with E-state index in [9.17, 15) is 0 Å². The highest BCUT2D eigenvalue weighted by atomic mass is 16.5. The Labute approximate surface area is 115 Å². The highest BCUT2D eigenvalue weighted by Gasteiger charge is 2.21. The predicted molar refractivity (Wildman–Crippen MR) is 78.3 cm³/mol. The molecule has 1 fully saturated rings. The normalized spacial score (nSPS) is 24.4. The van der Waals surface area contributed by atoms with Crippen LogP contribution in [0.2, 0.25) is 0 Å². The van der Waals surface area contributed by atoms with Crippen molar-refractivity contribution in [1.29, 1.82) is 0 Å². The van der Waals surface area contributed by atoms with Crippen LogP contribution < -0.4 is 16.2 Å². The molecular formula is C15H25N3O. The summed E-state index contributed by atoms with van der Waals surface area (Å²) in [6.07, 6.45) is 1.98. The third-order valence-electron chi connectivity index (χ3n) is 3.54. The van der Waals surface area contributed by atoms with E-state index in [0.717, 1.165) is 38.2 Å². The minimum atomic E-state index is 0.226. The lowest BCUT2D eigenvalue weighted by Gasteiger charge is -2.34. The maximum atomic E-state index is 6.00. The van der Waals surface area contributed by atoms with Crippen LogP contribution in [0.5, 0.6) is 5.75 Å². The summed E-state index contributed by atoms with van der Waals surface area (Å²) < 4.78 is 5.44. The Morgan fingerprint density at radius 1 is 1.16 bits per heavy atom. The number of benzene rings is 1. The summed E-state index contributed by atoms with van der Waals surface area (Å²) in [5.41, 5.74) is 13.3. The molecule has 1 heterocycles. The van der Waals surface area contributed by atoms with Gasteiger partial charge in [-0.15, -0.1) is 0 Å². The number of rotatable bonds is 5. The van der Waals surface area contributed by atoms with Gasteiger partial charge >= 0.3 is 0 Å². The maximum Gasteiger partial charge on any atom is 0.119 e. The lowest BCUT2D eigenvalue weighted by atomic mass is 10.0. The molecule has 0 unspecified atom stereocenters. The lowest BCUT2D eigenvalue weighted by molar-refractivity contribution is 0.192. The van der Waals surface area contributed by atoms with E-state index in [0.29, 0.717) is 6.61 Å². The average molecular weight is 263 g/mol. The quantitative estimate of drug-likeness (QED) is 0.831. The van der Waals surface area contributed by atoms with Crippen LogP contribution in [0.25, 0.3) is 0 Å². The van der Waals surface area contributed by atoms with Crippen molar-refractivity contribution in [3.8, 4) is 5.75 Å². The first-order valence-electron chi connectivity index (χ1n) is 7.12. The van der Waals surface area contributed by atoms with Crippen molar-refractivity contribution in [2.45, 2.75) is 31.8 Å². The number of ether oxygens (including phenoxy) is 1. The Balaban J connectivity index is 1.81. The van der Waals surface area contributed by atoms with Crippen LogP contribution >= 0.6 is 0 Å². The minimum absolute atomic E-state index is 0.226. The molecule has 2 rings (SSSR count). The Morgan fingerprint density at radius 3 is 2.37 bits per heavy atom. The molecule has 0 saturated carbocycles. The molecule has 0 bridgehead atoms. The van der Waals surface area contributed by atoms with Crippen molar-refractivity contribution in [2.75, 3.05) is 26.2 Å². The first kappa shape index (κ1) is 14.3. The van der Waals surface area contributed by atoms with Gasteiger partial charge in [0, 0.05) is 31.7 Å². The minimum Gasteiger partial charge on any atom is -0.494 e. The van der Waals surface area contributed by atoms with Crippen molar-refractivity contribution in [3.63, 3.8) is 0 Å². The third kappa shape index (κ3) is 4.49. The molecule has 1 aromatic carbocycles. The second kappa shape index (κ2) is 6.89. The molecule has 1 aliphatic heterocycles. The largest absolute Gasteiger partial charge is 0.494 e. The molecule has 1 aromatic rings. The highest BCUT2D eigenvalue weighted by Crippen LogP contribution is 2.14. The van der Waals surface area contributed by atoms with Crippen LogP contribution in [-0.4, -0.2) is 43.2 Å². The van der Waals surface area contributed by atoms with E-state index < -0.39 is 0 Å². The van der Waals surface area contributed by atoms with Crippen LogP contribution in [0.3, 0.4) is 0 Å². The molecule has 0 spiro atoms. The third-order valence-corrected chi connectivity index (χ3v) is 3.54. The first-order valence-corrected chi connectivity index (χ1v) is 7.12. The van der Waals surface area contributed by atoms with E-state index in [-0.39, 0.29) is 12.1 Å². The van der Waals surface area contributed by atoms with Gasteiger partial charge in [0.05, 0.1) is 6.61 Å². The Bertz CT molecular complexity index is 369. The van der Waals surface area contributed by atoms with Crippen molar-refractivity contribution in [3.05, 3.63) is 29.8 Å². The van der Waals surface area contributed by atoms with Crippen LogP contribution in [0.15, 0.2) is 24.3 Å². The van der Waals surface area contributed by atoms with E-state index in [1.807, 2.05) is 19.1 Å². The van der Waals surface area contributed by atoms with Gasteiger partial charge in [-0.3, -0.25) is 4.90 Å². The van der Waals surface area contributed by atoms with E-state index in [2.05, 4.69) is 17.0 Å². The summed E-state index contributed by atoms with van der Waals surface area (Å²) in [6.45, 7) is 5.66. The molecule has 0 amide bonds. The maximum absolute atomic E-state index is 6.00. The molecule has 1 saturated heterocycles. The van der Waals surface area contributed by atoms with E-state index >= 15 is 0 Å². The molecule has 0 aliphatic carbocycles. The fourth-order valence-corrected chi connectivity index (χ4v) is 2.66. The Hall–Kier alpha value is -1.10. The van der Waals surface area contributed by atoms with Gasteiger partial charge in [0.15, 0.2) is 0 Å². The molecule has 4 nitrogen and oxygen atoms in total. The second-order valence-corrected chi connectivity index (χ2v) is 5.34. The van der Waals surface area contributed by atoms with E-state index in [1.54, 1.807) is 0 Å². The molecule has 1 aliphatic rings. The first-order chi connectivity index (χ1) is 9.17. The number of piperidine rings is 1. The van der Waals surface area contributed by atoms with Gasteiger partial charge in [-0.25, -0.2) is 0 Å². The van der Waals surface area contributed by atoms with Crippen molar-refractivity contribution >= 4 is 0 Å². The van der Waals surface area contributed by atoms with Crippen LogP contribution in [0.4, 0.5) is 0 Å². The monoisotopic (exact) mass is 263 g/mol. The number of nitrogens with two attached hydrogens (primary N) is 2. The zero-order valence-corrected chi connectivity index (χ0v) is 11.7. The van der Waals surface area contributed by atoms with Gasteiger partial charge in [-0.1, -0.05) is 12.1 Å². The van der Waals surface area contributed by atoms with Gasteiger partial charge in [0.25, 0.3) is 0 Å². The van der Waals surface area contributed by atoms with Crippen molar-refractivity contribution < 1.29 is 4.74 Å². The summed E-state index contributed by atoms with van der Waals surface area (Å²) in [6, 6.07) is 8.79. The highest BCUT2D eigenvalue weighted by molar-refractivity contribution is 5.27. The Morgan fingerprint density at radius 2 is 1.79 bits per heavy atom. The average Bonchev–Trinajstić information content (AvgIpc) is 2.37. The number of hydrogen-bond acceptors (Lipinski definition) is 4. The molecule has 4 heteroatoms. The molecule has 106 valence electrons. The van der Waals surface area contributed by atoms with Gasteiger partial charge in [-0.2, -0.15) is 0 Å². The number of nitrogens with zero attached hydrogens (tertiary/aromatic N) is 1. The number of hydrogen-bond donors (Lipinski definition) is 2. The Kier molecular flexibility index (Phi) is 5.19. The summed E-state index contributed by atoms with van der Waals surface area (Å²) in [5.74, 6) is 0.938. The van der Waals surface area contributed by atoms with Crippen LogP contribution in [0, 0.1) is 0 Å². The van der Waals surface area contributed by atoms with Gasteiger partial charge in [0.2, 0.25) is 0 Å². The fraction of sp³-hybridized carbons (Fsp3) is 0.600. The molecule has 0 aromatic heterocycles. The zero-order chi connectivity index (χ0) is 13.7. The second-order valence-electron chi connectivity index (χ2n) is 5.34. The van der Waals surface area contributed by atoms with E-state index in [1.165, 1.54) is 5.56 Å². The van der Waals surface area contributed by atoms with Crippen LogP contribution in [-0.2, 0) is 6.42 Å². The number of likely N-dealkylation sites (tertiary alicyclic amines) is 1. The molecule has 4 N–H and O–H groups in total. The molecule has 19 heavy (non-hydrogen) atoms. The summed E-state index contributed by atoms with van der Waals surface area (Å²) in [7, 11) is 0. The van der Waals surface area contributed by atoms with Crippen LogP contribution in [0.1, 0.15) is 18.9 Å². The summed E-state index contributed by atoms with van der Waals surface area (Å²) >= 11 is 0. The topological polar surface area (TPSA) is 64.5 Å². The molecular weight excluding hydrogens is 238 g/mol. The predicted octanol–water partition coefficient (Wildman–Crippen LogP) is 0.988. The van der Waals surface area contributed by atoms with E-state index in [4.69, 9.17) is 16.2 Å². The molecule has 2 atom stereocenters. The smallest absolute Gasteiger partial charge is 0.119 e. The molecule has 0 radical (unpaired) electrons. The lowest BCUT2D eigenvalue weighted by Crippen LogP contribution is -2.52. The van der Waals surface area contributed by atoms with Gasteiger partial charge in [0.1, 0.15) is 5.75 Å². The SMILES string of the molecule is CCOc1ccc(CCN2C[C@H](N)C[C@H](N)C2)cc1. The van der Waals surface area contributed by atoms with Crippen molar-refractivity contribution in [1.82, 2.24) is 4.90 Å². The summed E-state index contributed by atoms with van der Waals surface area (Å²) in [4.78, 5) is 2.37. The van der Waals surface area contributed by atoms with Gasteiger partial charge in [-0.05, 0) is 37.5 Å².